The first-order chi connectivity index (χ1) is 7.84. The molecule has 0 radical (unpaired) electrons. The maximum atomic E-state index is 13.5. The molecular formula is C11H7FN4. The van der Waals surface area contributed by atoms with Gasteiger partial charge in [-0.3, -0.25) is 5.10 Å². The Labute approximate surface area is 90.5 Å². The Hall–Kier alpha value is -2.30. The molecule has 1 N–H and O–H groups in total. The van der Waals surface area contributed by atoms with E-state index in [4.69, 9.17) is 0 Å². The fourth-order valence-corrected chi connectivity index (χ4v) is 1.53. The van der Waals surface area contributed by atoms with Crippen molar-refractivity contribution in [1.82, 2.24) is 20.2 Å². The molecule has 0 fully saturated rings. The Bertz CT molecular complexity index is 575. The number of nitrogens with one attached hydrogen (secondary N) is 1. The van der Waals surface area contributed by atoms with E-state index in [1.807, 2.05) is 0 Å². The summed E-state index contributed by atoms with van der Waals surface area (Å²) in [5, 5.41) is 6.49. The molecule has 1 aromatic carbocycles. The highest BCUT2D eigenvalue weighted by molar-refractivity contribution is 5.65. The van der Waals surface area contributed by atoms with Gasteiger partial charge in [0.2, 0.25) is 0 Å². The molecule has 0 saturated heterocycles. The van der Waals surface area contributed by atoms with Crippen molar-refractivity contribution in [3.63, 3.8) is 0 Å². The Morgan fingerprint density at radius 3 is 2.69 bits per heavy atom. The van der Waals surface area contributed by atoms with Crippen LogP contribution in [0.4, 0.5) is 4.39 Å². The van der Waals surface area contributed by atoms with Crippen molar-refractivity contribution < 1.29 is 4.39 Å². The van der Waals surface area contributed by atoms with Crippen LogP contribution in [-0.2, 0) is 0 Å². The average Bonchev–Trinajstić information content (AvgIpc) is 2.73. The zero-order valence-electron chi connectivity index (χ0n) is 8.18. The van der Waals surface area contributed by atoms with Crippen LogP contribution in [0.15, 0.2) is 36.7 Å². The number of nitrogens with zero attached hydrogens (tertiary/aromatic N) is 3. The number of aromatic amines is 1. The van der Waals surface area contributed by atoms with Gasteiger partial charge in [0.05, 0.1) is 11.8 Å². The molecule has 1 aromatic rings. The molecule has 4 nitrogen and oxygen atoms in total. The van der Waals surface area contributed by atoms with Gasteiger partial charge in [0, 0.05) is 6.20 Å². The lowest BCUT2D eigenvalue weighted by molar-refractivity contribution is 0.630. The van der Waals surface area contributed by atoms with Gasteiger partial charge in [-0.15, -0.1) is 0 Å². The highest BCUT2D eigenvalue weighted by Gasteiger charge is 2.14. The van der Waals surface area contributed by atoms with Crippen LogP contribution in [0.3, 0.4) is 0 Å². The van der Waals surface area contributed by atoms with E-state index in [1.54, 1.807) is 30.6 Å². The minimum Gasteiger partial charge on any atom is -0.283 e. The zero-order chi connectivity index (χ0) is 11.0. The second-order valence-corrected chi connectivity index (χ2v) is 3.33. The van der Waals surface area contributed by atoms with E-state index in [2.05, 4.69) is 20.2 Å². The number of hydrogen-bond donors (Lipinski definition) is 1. The van der Waals surface area contributed by atoms with E-state index >= 15 is 0 Å². The summed E-state index contributed by atoms with van der Waals surface area (Å²) in [5.74, 6) is 0.0595. The minimum atomic E-state index is -0.324. The monoisotopic (exact) mass is 214 g/mol. The van der Waals surface area contributed by atoms with Gasteiger partial charge >= 0.3 is 0 Å². The summed E-state index contributed by atoms with van der Waals surface area (Å²) in [6.45, 7) is 0. The molecule has 0 aromatic heterocycles. The van der Waals surface area contributed by atoms with Gasteiger partial charge in [0.15, 0.2) is 5.82 Å². The molecule has 2 aliphatic rings. The van der Waals surface area contributed by atoms with Crippen LogP contribution >= 0.6 is 0 Å². The number of halogens is 1. The third-order valence-electron chi connectivity index (χ3n) is 2.29. The molecule has 0 aliphatic carbocycles. The van der Waals surface area contributed by atoms with E-state index in [9.17, 15) is 4.39 Å². The van der Waals surface area contributed by atoms with E-state index in [1.165, 1.54) is 6.07 Å². The van der Waals surface area contributed by atoms with Crippen LogP contribution < -0.4 is 0 Å². The summed E-state index contributed by atoms with van der Waals surface area (Å²) >= 11 is 0. The molecule has 16 heavy (non-hydrogen) atoms. The third-order valence-corrected chi connectivity index (χ3v) is 2.29. The molecular weight excluding hydrogens is 207 g/mol. The van der Waals surface area contributed by atoms with Gasteiger partial charge in [0.25, 0.3) is 0 Å². The second-order valence-electron chi connectivity index (χ2n) is 3.33. The summed E-state index contributed by atoms with van der Waals surface area (Å²) in [6, 6.07) is 6.43. The Morgan fingerprint density at radius 1 is 1.06 bits per heavy atom. The van der Waals surface area contributed by atoms with Gasteiger partial charge in [-0.05, 0) is 12.1 Å². The fourth-order valence-electron chi connectivity index (χ4n) is 1.53. The predicted molar refractivity (Wildman–Crippen MR) is 56.2 cm³/mol. The van der Waals surface area contributed by atoms with E-state index in [0.717, 1.165) is 0 Å². The third kappa shape index (κ3) is 1.33. The lowest BCUT2D eigenvalue weighted by Gasteiger charge is -1.95. The number of benzene rings is 1. The molecule has 0 amide bonds. The largest absolute Gasteiger partial charge is 0.283 e. The smallest absolute Gasteiger partial charge is 0.163 e. The van der Waals surface area contributed by atoms with Crippen LogP contribution in [-0.4, -0.2) is 20.2 Å². The molecule has 2 heterocycles. The molecule has 0 unspecified atom stereocenters. The minimum absolute atomic E-state index is 0.324. The number of rotatable bonds is 1. The van der Waals surface area contributed by atoms with Crippen LogP contribution in [0.5, 0.6) is 0 Å². The summed E-state index contributed by atoms with van der Waals surface area (Å²) in [5.41, 5.74) is 1.73. The molecule has 2 aliphatic heterocycles. The SMILES string of the molecule is Fc1ccccc1-c1nc2cn[nH]cc-2n1. The van der Waals surface area contributed by atoms with E-state index in [0.29, 0.717) is 22.8 Å². The van der Waals surface area contributed by atoms with Crippen LogP contribution in [0, 0.1) is 5.82 Å². The summed E-state index contributed by atoms with van der Waals surface area (Å²) in [6.07, 6.45) is 3.19. The molecule has 0 spiro atoms. The van der Waals surface area contributed by atoms with Gasteiger partial charge in [0.1, 0.15) is 17.2 Å². The Morgan fingerprint density at radius 2 is 1.88 bits per heavy atom. The second kappa shape index (κ2) is 3.37. The summed E-state index contributed by atoms with van der Waals surface area (Å²) in [4.78, 5) is 8.43. The first-order valence-electron chi connectivity index (χ1n) is 4.76. The Kier molecular flexibility index (Phi) is 1.89. The van der Waals surface area contributed by atoms with Gasteiger partial charge in [-0.25, -0.2) is 14.4 Å². The van der Waals surface area contributed by atoms with Crippen molar-refractivity contribution in [2.45, 2.75) is 0 Å². The topological polar surface area (TPSA) is 54.5 Å². The lowest BCUT2D eigenvalue weighted by Crippen LogP contribution is -1.84. The highest BCUT2D eigenvalue weighted by atomic mass is 19.1. The zero-order valence-corrected chi connectivity index (χ0v) is 8.18. The van der Waals surface area contributed by atoms with Crippen LogP contribution in [0.1, 0.15) is 0 Å². The van der Waals surface area contributed by atoms with Crippen molar-refractivity contribution >= 4 is 0 Å². The average molecular weight is 214 g/mol. The van der Waals surface area contributed by atoms with Crippen LogP contribution in [0.25, 0.3) is 22.8 Å². The number of hydrogen-bond acceptors (Lipinski definition) is 3. The van der Waals surface area contributed by atoms with E-state index < -0.39 is 0 Å². The first kappa shape index (κ1) is 8.96. The molecule has 0 atom stereocenters. The van der Waals surface area contributed by atoms with Crippen molar-refractivity contribution in [2.75, 3.05) is 0 Å². The first-order valence-corrected chi connectivity index (χ1v) is 4.76. The maximum Gasteiger partial charge on any atom is 0.163 e. The quantitative estimate of drug-likeness (QED) is 0.675. The maximum absolute atomic E-state index is 13.5. The Balaban J connectivity index is 2.21. The van der Waals surface area contributed by atoms with Gasteiger partial charge in [-0.1, -0.05) is 12.1 Å². The predicted octanol–water partition coefficient (Wildman–Crippen LogP) is 2.11. The fraction of sp³-hybridized carbons (Fsp3) is 0. The van der Waals surface area contributed by atoms with Crippen molar-refractivity contribution in [3.05, 3.63) is 42.5 Å². The van der Waals surface area contributed by atoms with Crippen LogP contribution in [0.2, 0.25) is 0 Å². The number of fused-ring (bicyclic) bond motifs is 1. The molecule has 5 heteroatoms. The van der Waals surface area contributed by atoms with Gasteiger partial charge in [-0.2, -0.15) is 5.10 Å². The summed E-state index contributed by atoms with van der Waals surface area (Å²) < 4.78 is 13.5. The normalized spacial score (nSPS) is 10.8. The van der Waals surface area contributed by atoms with Gasteiger partial charge < -0.3 is 0 Å². The van der Waals surface area contributed by atoms with E-state index in [-0.39, 0.29) is 5.82 Å². The molecule has 0 saturated carbocycles. The number of aromatic nitrogens is 4. The molecule has 0 bridgehead atoms. The molecule has 3 rings (SSSR count). The summed E-state index contributed by atoms with van der Waals surface area (Å²) in [7, 11) is 0. The number of H-pyrrole nitrogens is 1. The van der Waals surface area contributed by atoms with Crippen molar-refractivity contribution in [1.29, 1.82) is 0 Å². The highest BCUT2D eigenvalue weighted by Crippen LogP contribution is 2.24. The lowest BCUT2D eigenvalue weighted by atomic mass is 10.2. The standard InChI is InChI=1S/C11H7FN4/c12-8-4-2-1-3-7(8)11-15-9-5-13-14-6-10(9)16-11/h1-6,13H. The number of imidazole rings is 1. The van der Waals surface area contributed by atoms with Crippen molar-refractivity contribution in [3.8, 4) is 22.8 Å². The van der Waals surface area contributed by atoms with Crippen molar-refractivity contribution in [2.24, 2.45) is 0 Å². The molecule has 78 valence electrons.